The summed E-state index contributed by atoms with van der Waals surface area (Å²) in [6, 6.07) is 5.86. The first-order valence-electron chi connectivity index (χ1n) is 7.81. The van der Waals surface area contributed by atoms with Crippen molar-refractivity contribution in [2.75, 3.05) is 26.2 Å². The van der Waals surface area contributed by atoms with E-state index in [0.29, 0.717) is 6.61 Å². The SMILES string of the molecule is Cc1cccc(OCCC(=O)NCC(=O)N2CCCC2)c1C. The average molecular weight is 304 g/mol. The highest BCUT2D eigenvalue weighted by atomic mass is 16.5. The van der Waals surface area contributed by atoms with Crippen molar-refractivity contribution >= 4 is 11.8 Å². The first-order chi connectivity index (χ1) is 10.6. The number of carbonyl (C=O) groups is 2. The Morgan fingerprint density at radius 1 is 1.23 bits per heavy atom. The topological polar surface area (TPSA) is 58.6 Å². The quantitative estimate of drug-likeness (QED) is 0.872. The van der Waals surface area contributed by atoms with E-state index in [1.54, 1.807) is 4.90 Å². The molecule has 1 aliphatic rings. The Hall–Kier alpha value is -2.04. The lowest BCUT2D eigenvalue weighted by Crippen LogP contribution is -2.38. The Morgan fingerprint density at radius 3 is 2.68 bits per heavy atom. The van der Waals surface area contributed by atoms with Crippen molar-refractivity contribution < 1.29 is 14.3 Å². The van der Waals surface area contributed by atoms with Crippen LogP contribution in [0.1, 0.15) is 30.4 Å². The summed E-state index contributed by atoms with van der Waals surface area (Å²) in [7, 11) is 0. The molecule has 0 unspecified atom stereocenters. The Labute approximate surface area is 131 Å². The van der Waals surface area contributed by atoms with Gasteiger partial charge in [0.1, 0.15) is 5.75 Å². The third-order valence-corrected chi connectivity index (χ3v) is 4.04. The summed E-state index contributed by atoms with van der Waals surface area (Å²) >= 11 is 0. The number of benzene rings is 1. The second-order valence-electron chi connectivity index (χ2n) is 5.66. The molecule has 0 saturated carbocycles. The summed E-state index contributed by atoms with van der Waals surface area (Å²) in [5, 5.41) is 2.66. The fraction of sp³-hybridized carbons (Fsp3) is 0.529. The number of carbonyl (C=O) groups excluding carboxylic acids is 2. The Bertz CT molecular complexity index is 537. The minimum Gasteiger partial charge on any atom is -0.493 e. The van der Waals surface area contributed by atoms with Crippen molar-refractivity contribution in [1.82, 2.24) is 10.2 Å². The number of likely N-dealkylation sites (tertiary alicyclic amines) is 1. The molecule has 1 heterocycles. The van der Waals surface area contributed by atoms with E-state index >= 15 is 0 Å². The van der Waals surface area contributed by atoms with Gasteiger partial charge >= 0.3 is 0 Å². The molecule has 5 heteroatoms. The highest BCUT2D eigenvalue weighted by Crippen LogP contribution is 2.20. The summed E-state index contributed by atoms with van der Waals surface area (Å²) in [5.41, 5.74) is 2.25. The minimum absolute atomic E-state index is 0.00120. The van der Waals surface area contributed by atoms with Crippen molar-refractivity contribution in [3.63, 3.8) is 0 Å². The van der Waals surface area contributed by atoms with E-state index in [0.717, 1.165) is 42.8 Å². The third-order valence-electron chi connectivity index (χ3n) is 4.04. The van der Waals surface area contributed by atoms with Gasteiger partial charge in [-0.3, -0.25) is 9.59 Å². The van der Waals surface area contributed by atoms with E-state index in [9.17, 15) is 9.59 Å². The molecule has 2 rings (SSSR count). The molecule has 2 amide bonds. The molecule has 22 heavy (non-hydrogen) atoms. The van der Waals surface area contributed by atoms with Gasteiger partial charge in [0.25, 0.3) is 0 Å². The smallest absolute Gasteiger partial charge is 0.241 e. The molecule has 0 radical (unpaired) electrons. The second kappa shape index (κ2) is 7.82. The molecule has 1 N–H and O–H groups in total. The third kappa shape index (κ3) is 4.48. The Balaban J connectivity index is 1.67. The van der Waals surface area contributed by atoms with Gasteiger partial charge in [-0.15, -0.1) is 0 Å². The summed E-state index contributed by atoms with van der Waals surface area (Å²) in [5.74, 6) is 0.653. The predicted molar refractivity (Wildman–Crippen MR) is 84.9 cm³/mol. The summed E-state index contributed by atoms with van der Waals surface area (Å²) in [6.45, 7) is 6.05. The van der Waals surface area contributed by atoms with Crippen LogP contribution in [0.25, 0.3) is 0 Å². The molecule has 1 aromatic rings. The lowest BCUT2D eigenvalue weighted by atomic mass is 10.1. The molecule has 0 spiro atoms. The van der Waals surface area contributed by atoms with Crippen LogP contribution in [0.5, 0.6) is 5.75 Å². The van der Waals surface area contributed by atoms with Crippen molar-refractivity contribution in [2.45, 2.75) is 33.1 Å². The van der Waals surface area contributed by atoms with Gasteiger partial charge in [-0.25, -0.2) is 0 Å². The van der Waals surface area contributed by atoms with E-state index in [-0.39, 0.29) is 24.8 Å². The van der Waals surface area contributed by atoms with Crippen molar-refractivity contribution in [1.29, 1.82) is 0 Å². The Kier molecular flexibility index (Phi) is 5.81. The molecule has 1 aromatic carbocycles. The van der Waals surface area contributed by atoms with Crippen LogP contribution in [0, 0.1) is 13.8 Å². The number of rotatable bonds is 6. The Morgan fingerprint density at radius 2 is 1.95 bits per heavy atom. The van der Waals surface area contributed by atoms with E-state index in [2.05, 4.69) is 5.32 Å². The maximum atomic E-state index is 11.8. The first kappa shape index (κ1) is 16.3. The minimum atomic E-state index is -0.155. The standard InChI is InChI=1S/C17H24N2O3/c1-13-6-5-7-15(14(13)2)22-11-8-16(20)18-12-17(21)19-9-3-4-10-19/h5-7H,3-4,8-12H2,1-2H3,(H,18,20). The first-order valence-corrected chi connectivity index (χ1v) is 7.81. The molecule has 0 atom stereocenters. The van der Waals surface area contributed by atoms with E-state index in [1.165, 1.54) is 0 Å². The van der Waals surface area contributed by atoms with Crippen LogP contribution in [0.2, 0.25) is 0 Å². The van der Waals surface area contributed by atoms with Crippen LogP contribution in [-0.4, -0.2) is 43.0 Å². The van der Waals surface area contributed by atoms with E-state index < -0.39 is 0 Å². The van der Waals surface area contributed by atoms with Crippen molar-refractivity contribution in [2.24, 2.45) is 0 Å². The number of nitrogens with zero attached hydrogens (tertiary/aromatic N) is 1. The number of hydrogen-bond acceptors (Lipinski definition) is 3. The van der Waals surface area contributed by atoms with Gasteiger partial charge in [0.05, 0.1) is 19.6 Å². The molecular weight excluding hydrogens is 280 g/mol. The van der Waals surface area contributed by atoms with Gasteiger partial charge in [-0.2, -0.15) is 0 Å². The molecule has 1 fully saturated rings. The molecule has 0 aromatic heterocycles. The zero-order valence-electron chi connectivity index (χ0n) is 13.4. The fourth-order valence-corrected chi connectivity index (χ4v) is 2.48. The molecule has 5 nitrogen and oxygen atoms in total. The average Bonchev–Trinajstić information content (AvgIpc) is 3.03. The molecule has 120 valence electrons. The van der Waals surface area contributed by atoms with Crippen LogP contribution in [0.15, 0.2) is 18.2 Å². The fourth-order valence-electron chi connectivity index (χ4n) is 2.48. The normalized spacial score (nSPS) is 14.0. The van der Waals surface area contributed by atoms with Crippen LogP contribution >= 0.6 is 0 Å². The van der Waals surface area contributed by atoms with Gasteiger partial charge in [0.15, 0.2) is 0 Å². The van der Waals surface area contributed by atoms with Gasteiger partial charge in [0.2, 0.25) is 11.8 Å². The molecular formula is C17H24N2O3. The maximum Gasteiger partial charge on any atom is 0.241 e. The van der Waals surface area contributed by atoms with Crippen molar-refractivity contribution in [3.05, 3.63) is 29.3 Å². The van der Waals surface area contributed by atoms with Crippen LogP contribution < -0.4 is 10.1 Å². The van der Waals surface area contributed by atoms with E-state index in [4.69, 9.17) is 4.74 Å². The van der Waals surface area contributed by atoms with Gasteiger partial charge in [0, 0.05) is 13.1 Å². The number of amides is 2. The monoisotopic (exact) mass is 304 g/mol. The summed E-state index contributed by atoms with van der Waals surface area (Å²) in [6.07, 6.45) is 2.37. The lowest BCUT2D eigenvalue weighted by Gasteiger charge is -2.15. The van der Waals surface area contributed by atoms with Crippen LogP contribution in [0.3, 0.4) is 0 Å². The number of ether oxygens (including phenoxy) is 1. The van der Waals surface area contributed by atoms with Crippen molar-refractivity contribution in [3.8, 4) is 5.75 Å². The van der Waals surface area contributed by atoms with Gasteiger partial charge < -0.3 is 15.0 Å². The van der Waals surface area contributed by atoms with E-state index in [1.807, 2.05) is 32.0 Å². The lowest BCUT2D eigenvalue weighted by molar-refractivity contribution is -0.132. The molecule has 0 bridgehead atoms. The number of nitrogens with one attached hydrogen (secondary N) is 1. The van der Waals surface area contributed by atoms with Gasteiger partial charge in [-0.05, 0) is 43.9 Å². The zero-order chi connectivity index (χ0) is 15.9. The zero-order valence-corrected chi connectivity index (χ0v) is 13.4. The molecule has 1 aliphatic heterocycles. The highest BCUT2D eigenvalue weighted by molar-refractivity contribution is 5.84. The van der Waals surface area contributed by atoms with Gasteiger partial charge in [-0.1, -0.05) is 12.1 Å². The summed E-state index contributed by atoms with van der Waals surface area (Å²) in [4.78, 5) is 25.3. The van der Waals surface area contributed by atoms with Crippen LogP contribution in [-0.2, 0) is 9.59 Å². The molecule has 0 aliphatic carbocycles. The second-order valence-corrected chi connectivity index (χ2v) is 5.66. The predicted octanol–water partition coefficient (Wildman–Crippen LogP) is 1.81. The summed E-state index contributed by atoms with van der Waals surface area (Å²) < 4.78 is 5.64. The molecule has 1 saturated heterocycles. The van der Waals surface area contributed by atoms with Crippen LogP contribution in [0.4, 0.5) is 0 Å². The highest BCUT2D eigenvalue weighted by Gasteiger charge is 2.18. The largest absolute Gasteiger partial charge is 0.493 e. The number of aryl methyl sites for hydroxylation is 1. The maximum absolute atomic E-state index is 11.8. The number of hydrogen-bond donors (Lipinski definition) is 1.